The van der Waals surface area contributed by atoms with E-state index >= 15 is 0 Å². The predicted molar refractivity (Wildman–Crippen MR) is 327 cm³/mol. The van der Waals surface area contributed by atoms with Crippen LogP contribution >= 0.6 is 0 Å². The molecule has 1 unspecified atom stereocenters. The summed E-state index contributed by atoms with van der Waals surface area (Å²) in [4.78, 5) is 27.3. The second kappa shape index (κ2) is 19.1. The molecule has 0 bridgehead atoms. The van der Waals surface area contributed by atoms with Gasteiger partial charge >= 0.3 is 0 Å². The van der Waals surface area contributed by atoms with E-state index in [9.17, 15) is 0 Å². The van der Waals surface area contributed by atoms with Gasteiger partial charge in [0.05, 0.1) is 52.2 Å². The van der Waals surface area contributed by atoms with Crippen LogP contribution in [-0.2, 0) is 6.42 Å². The largest absolute Gasteiger partial charge is 0.456 e. The number of nitrogens with zero attached hydrogens (tertiary/aromatic N) is 8. The zero-order valence-electron chi connectivity index (χ0n) is 43.9. The Labute approximate surface area is 466 Å². The number of furan rings is 1. The van der Waals surface area contributed by atoms with Crippen molar-refractivity contribution in [3.8, 4) is 56.1 Å². The minimum absolute atomic E-state index is 0.151. The molecule has 0 aliphatic heterocycles. The Hall–Kier alpha value is -10.6. The van der Waals surface area contributed by atoms with E-state index < -0.39 is 0 Å². The molecule has 0 saturated carbocycles. The average molecular weight is 1040 g/mol. The number of hydrogen-bond acceptors (Lipinski definition) is 7. The van der Waals surface area contributed by atoms with Crippen LogP contribution < -0.4 is 0 Å². The molecule has 0 N–H and O–H groups in total. The maximum absolute atomic E-state index is 6.66. The highest BCUT2D eigenvalue weighted by atomic mass is 16.3. The molecule has 0 radical (unpaired) electrons. The number of rotatable bonds is 9. The summed E-state index contributed by atoms with van der Waals surface area (Å²) in [5.74, 6) is 0.151. The van der Waals surface area contributed by atoms with Crippen molar-refractivity contribution in [1.29, 1.82) is 0 Å². The lowest BCUT2D eigenvalue weighted by Gasteiger charge is -2.21. The highest BCUT2D eigenvalue weighted by molar-refractivity contribution is 6.13. The first-order valence-corrected chi connectivity index (χ1v) is 27.5. The zero-order valence-corrected chi connectivity index (χ0v) is 43.9. The van der Waals surface area contributed by atoms with Gasteiger partial charge in [-0.05, 0) is 155 Å². The van der Waals surface area contributed by atoms with Crippen LogP contribution in [-0.4, -0.2) is 39.0 Å². The van der Waals surface area contributed by atoms with Gasteiger partial charge in [-0.2, -0.15) is 0 Å². The van der Waals surface area contributed by atoms with Gasteiger partial charge in [-0.25, -0.2) is 0 Å². The van der Waals surface area contributed by atoms with Crippen molar-refractivity contribution in [1.82, 2.24) is 39.0 Å². The Balaban J connectivity index is 0.829. The molecule has 9 heteroatoms. The maximum Gasteiger partial charge on any atom is 0.135 e. The molecule has 2 aliphatic carbocycles. The van der Waals surface area contributed by atoms with E-state index in [1.807, 2.05) is 18.6 Å². The molecule has 382 valence electrons. The molecule has 0 spiro atoms. The molecule has 9 nitrogen and oxygen atoms in total. The lowest BCUT2D eigenvalue weighted by molar-refractivity contribution is 0.669. The maximum atomic E-state index is 6.66. The van der Waals surface area contributed by atoms with E-state index in [0.717, 1.165) is 125 Å². The van der Waals surface area contributed by atoms with Gasteiger partial charge in [0.1, 0.15) is 11.2 Å². The van der Waals surface area contributed by atoms with Crippen molar-refractivity contribution in [3.05, 3.63) is 272 Å². The number of benzene rings is 8. The van der Waals surface area contributed by atoms with Crippen molar-refractivity contribution in [2.24, 2.45) is 0 Å². The molecular weight excluding hydrogens is 993 g/mol. The Bertz CT molecular complexity index is 4900. The predicted octanol–water partition coefficient (Wildman–Crippen LogP) is 17.3. The monoisotopic (exact) mass is 1040 g/mol. The molecule has 81 heavy (non-hydrogen) atoms. The first-order chi connectivity index (χ1) is 40.1. The third kappa shape index (κ3) is 7.92. The summed E-state index contributed by atoms with van der Waals surface area (Å²) >= 11 is 0. The number of fused-ring (bicyclic) bond motifs is 9. The summed E-state index contributed by atoms with van der Waals surface area (Å²) in [6, 6.07) is 62.0. The molecule has 14 aromatic rings. The van der Waals surface area contributed by atoms with Crippen LogP contribution in [0.15, 0.2) is 248 Å². The third-order valence-corrected chi connectivity index (χ3v) is 16.5. The number of allylic oxidation sites excluding steroid dienone is 5. The number of para-hydroxylation sites is 1. The summed E-state index contributed by atoms with van der Waals surface area (Å²) in [7, 11) is 0. The van der Waals surface area contributed by atoms with Gasteiger partial charge in [0.25, 0.3) is 0 Å². The Morgan fingerprint density at radius 1 is 0.432 bits per heavy atom. The van der Waals surface area contributed by atoms with Gasteiger partial charge in [-0.15, -0.1) is 0 Å². The SMILES string of the molecule is C1=CC(c2cnccn2)=C(c2ccc3c(c2)c2cc(-c4cccc(-c5cnccn5)c4)ccc2n3-c2ccc3oc4ccc(-c5ccc6c(c5)c5c(n6-c6ccccc6)C=CC(c6ccccc6-c6cnccn6)C5)cc4c3c2)CC1. The molecule has 0 fully saturated rings. The summed E-state index contributed by atoms with van der Waals surface area (Å²) < 4.78 is 11.5. The van der Waals surface area contributed by atoms with Crippen LogP contribution in [0, 0.1) is 0 Å². The fourth-order valence-electron chi connectivity index (χ4n) is 12.7. The van der Waals surface area contributed by atoms with Gasteiger partial charge in [0, 0.05) is 104 Å². The van der Waals surface area contributed by atoms with E-state index in [1.165, 1.54) is 44.2 Å². The van der Waals surface area contributed by atoms with Crippen molar-refractivity contribution in [2.45, 2.75) is 25.2 Å². The van der Waals surface area contributed by atoms with Crippen LogP contribution in [0.25, 0.3) is 128 Å². The second-order valence-corrected chi connectivity index (χ2v) is 21.0. The summed E-state index contributed by atoms with van der Waals surface area (Å²) in [5.41, 5.74) is 23.9. The fourth-order valence-corrected chi connectivity index (χ4v) is 12.7. The summed E-state index contributed by atoms with van der Waals surface area (Å²) in [6.45, 7) is 0. The first kappa shape index (κ1) is 46.5. The summed E-state index contributed by atoms with van der Waals surface area (Å²) in [5, 5.41) is 5.71. The van der Waals surface area contributed by atoms with Crippen LogP contribution in [0.3, 0.4) is 0 Å². The molecular formula is C72H48N8O. The van der Waals surface area contributed by atoms with Gasteiger partial charge in [-0.1, -0.05) is 103 Å². The Kier molecular flexibility index (Phi) is 10.9. The van der Waals surface area contributed by atoms with Crippen LogP contribution in [0.4, 0.5) is 0 Å². The molecule has 16 rings (SSSR count). The van der Waals surface area contributed by atoms with Crippen LogP contribution in [0.2, 0.25) is 0 Å². The average Bonchev–Trinajstić information content (AvgIpc) is 4.33. The van der Waals surface area contributed by atoms with Gasteiger partial charge in [0.2, 0.25) is 0 Å². The lowest BCUT2D eigenvalue weighted by atomic mass is 9.83. The van der Waals surface area contributed by atoms with Gasteiger partial charge in [-0.3, -0.25) is 29.9 Å². The van der Waals surface area contributed by atoms with E-state index in [0.29, 0.717) is 0 Å². The van der Waals surface area contributed by atoms with Crippen LogP contribution in [0.5, 0.6) is 0 Å². The van der Waals surface area contributed by atoms with Gasteiger partial charge < -0.3 is 13.6 Å². The molecule has 0 saturated heterocycles. The normalized spacial score (nSPS) is 14.2. The van der Waals surface area contributed by atoms with Crippen molar-refractivity contribution in [2.75, 3.05) is 0 Å². The zero-order chi connectivity index (χ0) is 53.4. The van der Waals surface area contributed by atoms with Crippen molar-refractivity contribution < 1.29 is 4.42 Å². The smallest absolute Gasteiger partial charge is 0.135 e. The van der Waals surface area contributed by atoms with E-state index in [1.54, 1.807) is 37.2 Å². The number of hydrogen-bond donors (Lipinski definition) is 0. The molecule has 2 aliphatic rings. The molecule has 8 aromatic carbocycles. The third-order valence-electron chi connectivity index (χ3n) is 16.5. The minimum Gasteiger partial charge on any atom is -0.456 e. The molecule has 1 atom stereocenters. The highest BCUT2D eigenvalue weighted by Crippen LogP contribution is 2.45. The van der Waals surface area contributed by atoms with Crippen molar-refractivity contribution >= 4 is 71.9 Å². The lowest BCUT2D eigenvalue weighted by Crippen LogP contribution is -2.08. The second-order valence-electron chi connectivity index (χ2n) is 21.0. The minimum atomic E-state index is 0.151. The first-order valence-electron chi connectivity index (χ1n) is 27.5. The fraction of sp³-hybridized carbons (Fsp3) is 0.0556. The Morgan fingerprint density at radius 3 is 1.79 bits per heavy atom. The molecule has 0 amide bonds. The van der Waals surface area contributed by atoms with Crippen molar-refractivity contribution in [3.63, 3.8) is 0 Å². The summed E-state index contributed by atoms with van der Waals surface area (Å²) in [6.07, 6.45) is 27.8. The van der Waals surface area contributed by atoms with Gasteiger partial charge in [0.15, 0.2) is 0 Å². The highest BCUT2D eigenvalue weighted by Gasteiger charge is 2.27. The van der Waals surface area contributed by atoms with E-state index in [-0.39, 0.29) is 5.92 Å². The van der Waals surface area contributed by atoms with Crippen LogP contribution in [0.1, 0.15) is 46.8 Å². The standard InChI is InChI=1S/C72H48N8O/c1-2-11-52(12-3-1)79-67-23-18-47(37-58(67)60-39-49(19-25-68(60)79)54-13-4-6-15-56(54)65-43-74-30-33-77-65)48-21-27-71-62(38-48)63-41-53(22-28-72(63)81-71)80-69-24-17-46(45-9-8-10-51(35-45)64-42-73-29-32-76-64)36-59(69)61-40-50(20-26-70(61)80)55-14-5-7-16-57(55)66-44-75-31-34-78-66/h1-4,6-13,15-38,40-44,49H,5,14,39H2. The Morgan fingerprint density at radius 2 is 1.04 bits per heavy atom. The van der Waals surface area contributed by atoms with E-state index in [2.05, 4.69) is 223 Å². The quantitative estimate of drug-likeness (QED) is 0.142. The molecule has 6 aromatic heterocycles. The van der Waals surface area contributed by atoms with E-state index in [4.69, 9.17) is 14.4 Å². The number of aromatic nitrogens is 8. The molecule has 6 heterocycles. The topological polar surface area (TPSA) is 100 Å².